The third-order valence-electron chi connectivity index (χ3n) is 16.0. The Morgan fingerprint density at radius 3 is 1.12 bits per heavy atom. The van der Waals surface area contributed by atoms with Gasteiger partial charge in [-0.1, -0.05) is 219 Å². The van der Waals surface area contributed by atoms with Gasteiger partial charge < -0.3 is 18.6 Å². The Kier molecular flexibility index (Phi) is 8.18. The van der Waals surface area contributed by atoms with Crippen LogP contribution < -0.4 is 20.2 Å². The first-order valence-electron chi connectivity index (χ1n) is 31.6. The number of hydrogen-bond donors (Lipinski definition) is 0. The minimum atomic E-state index is -1.96. The van der Waals surface area contributed by atoms with E-state index in [0.29, 0.717) is 22.7 Å². The zero-order valence-corrected chi connectivity index (χ0v) is 46.1. The lowest BCUT2D eigenvalue weighted by molar-refractivity contribution is 1.30. The molecule has 6 heteroatoms. The van der Waals surface area contributed by atoms with Gasteiger partial charge in [0.15, 0.2) is 0 Å². The highest BCUT2D eigenvalue weighted by atomic mass is 28.3. The van der Waals surface area contributed by atoms with Crippen LogP contribution in [0.1, 0.15) is 13.7 Å². The van der Waals surface area contributed by atoms with Gasteiger partial charge >= 0.3 is 0 Å². The third-order valence-corrected chi connectivity index (χ3v) is 20.1. The van der Waals surface area contributed by atoms with E-state index in [1.165, 1.54) is 10.4 Å². The summed E-state index contributed by atoms with van der Waals surface area (Å²) in [5, 5.41) is 10.2. The summed E-state index contributed by atoms with van der Waals surface area (Å²) in [5.41, 5.74) is 12.0. The highest BCUT2D eigenvalue weighted by Gasteiger charge is 2.31. The van der Waals surface area contributed by atoms with E-state index in [2.05, 4.69) is 121 Å². The molecular weight excluding hydrogens is 977 g/mol. The Morgan fingerprint density at radius 2 is 0.718 bits per heavy atom. The fourth-order valence-electron chi connectivity index (χ4n) is 12.4. The quantitative estimate of drug-likeness (QED) is 0.127. The van der Waals surface area contributed by atoms with Crippen LogP contribution in [0.15, 0.2) is 242 Å². The van der Waals surface area contributed by atoms with E-state index in [1.807, 2.05) is 119 Å². The van der Waals surface area contributed by atoms with Gasteiger partial charge in [0, 0.05) is 65.6 Å². The summed E-state index contributed by atoms with van der Waals surface area (Å²) in [7, 11) is -3.93. The van der Waals surface area contributed by atoms with Gasteiger partial charge in [0.1, 0.15) is 0 Å². The Hall–Kier alpha value is -8.95. The molecule has 4 heterocycles. The molecule has 374 valence electrons. The molecule has 4 nitrogen and oxygen atoms in total. The fraction of sp³-hybridized carbons (Fsp3) is 0.0833. The summed E-state index contributed by atoms with van der Waals surface area (Å²) in [6, 6.07) is 58.5. The second-order valence-electron chi connectivity index (χ2n) is 22.6. The molecule has 0 radical (unpaired) electrons. The molecule has 0 saturated heterocycles. The van der Waals surface area contributed by atoms with Crippen LogP contribution in [0.25, 0.3) is 98.4 Å². The van der Waals surface area contributed by atoms with E-state index in [1.54, 1.807) is 0 Å². The van der Waals surface area contributed by atoms with Crippen LogP contribution in [0.4, 0.5) is 34.1 Å². The Balaban J connectivity index is 1.08. The first kappa shape index (κ1) is 36.9. The number of rotatable bonds is 10. The SMILES string of the molecule is [2H]c1c([2H])c([2H])c(N(c2ccccc2-c2ccccc2)c2ccc3c4cc5c(cc4n4c6ccc([Si](C)(C)C)cc6c2c34)c2ccc(N(c3ccccc3-c3ccccc3)c3c([2H])c([2H])c([2H])c([2H])c3[2H])c3c4cc([Si](C)(C)C)ccc4n5c23)c([2H])c1[2H]. The number of benzene rings is 11. The van der Waals surface area contributed by atoms with Crippen LogP contribution >= 0.6 is 0 Å². The van der Waals surface area contributed by atoms with E-state index in [-0.39, 0.29) is 35.5 Å². The van der Waals surface area contributed by atoms with Crippen molar-refractivity contribution in [3.63, 3.8) is 0 Å². The summed E-state index contributed by atoms with van der Waals surface area (Å²) >= 11 is 0. The molecule has 0 amide bonds. The van der Waals surface area contributed by atoms with E-state index in [0.717, 1.165) is 98.4 Å². The number of fused-ring (bicyclic) bond motifs is 12. The molecule has 0 bridgehead atoms. The molecule has 0 aliphatic carbocycles. The van der Waals surface area contributed by atoms with Gasteiger partial charge in [-0.2, -0.15) is 0 Å². The fourth-order valence-corrected chi connectivity index (χ4v) is 14.7. The average Bonchev–Trinajstić information content (AvgIpc) is 1.51. The highest BCUT2D eigenvalue weighted by Crippen LogP contribution is 2.53. The van der Waals surface area contributed by atoms with Crippen LogP contribution in [0, 0.1) is 0 Å². The summed E-state index contributed by atoms with van der Waals surface area (Å²) in [6.45, 7) is 14.0. The number of anilines is 6. The van der Waals surface area contributed by atoms with Crippen LogP contribution in [-0.4, -0.2) is 24.9 Å². The molecule has 15 rings (SSSR count). The van der Waals surface area contributed by atoms with Crippen molar-refractivity contribution in [3.05, 3.63) is 242 Å². The van der Waals surface area contributed by atoms with Crippen LogP contribution in [0.5, 0.6) is 0 Å². The molecule has 0 unspecified atom stereocenters. The largest absolute Gasteiger partial charge is 0.309 e. The molecule has 0 atom stereocenters. The van der Waals surface area contributed by atoms with Gasteiger partial charge in [-0.3, -0.25) is 0 Å². The zero-order chi connectivity index (χ0) is 61.3. The molecule has 0 fully saturated rings. The maximum Gasteiger partial charge on any atom is 0.0776 e. The van der Waals surface area contributed by atoms with E-state index >= 15 is 0 Å². The van der Waals surface area contributed by atoms with Crippen LogP contribution in [-0.2, 0) is 0 Å². The first-order valence-corrected chi connectivity index (χ1v) is 33.6. The summed E-state index contributed by atoms with van der Waals surface area (Å²) in [5.74, 6) is 0. The molecule has 0 spiro atoms. The third kappa shape index (κ3) is 6.96. The molecule has 0 aliphatic heterocycles. The average molecular weight is 1050 g/mol. The summed E-state index contributed by atoms with van der Waals surface area (Å²) in [4.78, 5) is 3.79. The van der Waals surface area contributed by atoms with E-state index < -0.39 is 52.4 Å². The monoisotopic (exact) mass is 1040 g/mol. The minimum absolute atomic E-state index is 0.0480. The predicted octanol–water partition coefficient (Wildman–Crippen LogP) is 19.4. The standard InChI is InChI=1S/C72H58N4Si2/c1-77(2,3)51-35-39-63-59(43-51)69-65(73(49-27-15-9-16-28-49)61-33-21-19-31-53(61)47-23-11-7-12-24-47)41-37-55-57-46-68-58(45-67(57)75(63)71(55)69)56-38-42-66(70-60-44-52(78(4,5)6)36-40-64(60)76(68)72(56)70)74(50-29-17-10-18-30-50)62-34-22-20-32-54(62)48-25-13-8-14-26-48/h7-46H,1-6H3/i9D,10D,15D,16D,17D,18D,27D,28D,29D,30D. The summed E-state index contributed by atoms with van der Waals surface area (Å²) < 4.78 is 96.8. The molecule has 15 aromatic rings. The molecule has 4 aromatic heterocycles. The van der Waals surface area contributed by atoms with Crippen molar-refractivity contribution in [1.82, 2.24) is 8.80 Å². The minimum Gasteiger partial charge on any atom is -0.309 e. The van der Waals surface area contributed by atoms with Gasteiger partial charge in [0.25, 0.3) is 0 Å². The Bertz CT molecular complexity index is 5050. The lowest BCUT2D eigenvalue weighted by Gasteiger charge is -2.29. The topological polar surface area (TPSA) is 15.3 Å². The Morgan fingerprint density at radius 1 is 0.333 bits per heavy atom. The van der Waals surface area contributed by atoms with Crippen molar-refractivity contribution in [2.45, 2.75) is 39.3 Å². The van der Waals surface area contributed by atoms with Gasteiger partial charge in [-0.15, -0.1) is 0 Å². The molecule has 0 saturated carbocycles. The number of hydrogen-bond acceptors (Lipinski definition) is 2. The zero-order valence-electron chi connectivity index (χ0n) is 54.1. The van der Waals surface area contributed by atoms with E-state index in [9.17, 15) is 5.48 Å². The van der Waals surface area contributed by atoms with Gasteiger partial charge in [-0.05, 0) is 83.8 Å². The van der Waals surface area contributed by atoms with Crippen molar-refractivity contribution >= 4 is 137 Å². The maximum absolute atomic E-state index is 9.62. The molecule has 0 aliphatic rings. The van der Waals surface area contributed by atoms with Gasteiger partial charge in [0.2, 0.25) is 0 Å². The molecule has 11 aromatic carbocycles. The van der Waals surface area contributed by atoms with Crippen LogP contribution in [0.3, 0.4) is 0 Å². The normalized spacial score (nSPS) is 14.3. The molecular formula is C72H58N4Si2. The Labute approximate surface area is 471 Å². The van der Waals surface area contributed by atoms with Crippen molar-refractivity contribution in [2.24, 2.45) is 0 Å². The van der Waals surface area contributed by atoms with E-state index in [4.69, 9.17) is 8.22 Å². The van der Waals surface area contributed by atoms with Crippen molar-refractivity contribution < 1.29 is 13.7 Å². The predicted molar refractivity (Wildman–Crippen MR) is 342 cm³/mol. The molecule has 78 heavy (non-hydrogen) atoms. The maximum atomic E-state index is 9.62. The lowest BCUT2D eigenvalue weighted by Crippen LogP contribution is -2.37. The lowest BCUT2D eigenvalue weighted by atomic mass is 9.99. The van der Waals surface area contributed by atoms with Crippen molar-refractivity contribution in [1.29, 1.82) is 0 Å². The second-order valence-corrected chi connectivity index (χ2v) is 32.8. The summed E-state index contributed by atoms with van der Waals surface area (Å²) in [6.07, 6.45) is 0. The van der Waals surface area contributed by atoms with Crippen molar-refractivity contribution in [2.75, 3.05) is 9.80 Å². The second kappa shape index (κ2) is 17.3. The first-order chi connectivity index (χ1) is 42.1. The smallest absolute Gasteiger partial charge is 0.0776 e. The van der Waals surface area contributed by atoms with Crippen molar-refractivity contribution in [3.8, 4) is 22.3 Å². The molecule has 0 N–H and O–H groups in total. The van der Waals surface area contributed by atoms with Crippen LogP contribution in [0.2, 0.25) is 39.3 Å². The number of para-hydroxylation sites is 4. The highest BCUT2D eigenvalue weighted by molar-refractivity contribution is 6.89. The number of nitrogens with zero attached hydrogens (tertiary/aromatic N) is 4. The number of aromatic nitrogens is 2. The van der Waals surface area contributed by atoms with Gasteiger partial charge in [-0.25, -0.2) is 0 Å². The van der Waals surface area contributed by atoms with Gasteiger partial charge in [0.05, 0.1) is 85.7 Å².